The third kappa shape index (κ3) is 7.86. The average molecular weight is 368 g/mol. The molecule has 0 saturated carbocycles. The van der Waals surface area contributed by atoms with E-state index in [4.69, 9.17) is 9.47 Å². The van der Waals surface area contributed by atoms with Gasteiger partial charge in [-0.25, -0.2) is 0 Å². The molecule has 1 amide bonds. The number of hydrogen-bond acceptors (Lipinski definition) is 4. The van der Waals surface area contributed by atoms with Gasteiger partial charge in [0, 0.05) is 17.4 Å². The van der Waals surface area contributed by atoms with Crippen molar-refractivity contribution in [2.75, 3.05) is 30.4 Å². The molecule has 0 heterocycles. The number of ether oxygens (including phenoxy) is 2. The highest BCUT2D eigenvalue weighted by atomic mass is 16.5. The zero-order valence-electron chi connectivity index (χ0n) is 16.1. The van der Waals surface area contributed by atoms with Crippen molar-refractivity contribution < 1.29 is 14.3 Å². The molecule has 0 fully saturated rings. The molecule has 5 heteroatoms. The molecule has 27 heavy (non-hydrogen) atoms. The van der Waals surface area contributed by atoms with Crippen LogP contribution < -0.4 is 20.1 Å². The van der Waals surface area contributed by atoms with Gasteiger partial charge in [0.2, 0.25) is 5.91 Å². The standard InChI is InChI=1S/C22H28N2O3/c1-4-5-13-26-21-8-6-7-19(14-21)23-15-22(25)24-18-9-11-20(12-10-18)27-16-17(2)3/h6-12,14,23H,2,4-5,13,15-16H2,1,3H3,(H,24,25). The van der Waals surface area contributed by atoms with Crippen molar-refractivity contribution in [3.05, 3.63) is 60.7 Å². The summed E-state index contributed by atoms with van der Waals surface area (Å²) in [5.74, 6) is 1.43. The van der Waals surface area contributed by atoms with Crippen molar-refractivity contribution in [1.29, 1.82) is 0 Å². The summed E-state index contributed by atoms with van der Waals surface area (Å²) in [5.41, 5.74) is 2.53. The van der Waals surface area contributed by atoms with E-state index in [2.05, 4.69) is 24.1 Å². The van der Waals surface area contributed by atoms with Crippen LogP contribution in [0, 0.1) is 0 Å². The number of amides is 1. The summed E-state index contributed by atoms with van der Waals surface area (Å²) in [6.07, 6.45) is 2.12. The summed E-state index contributed by atoms with van der Waals surface area (Å²) in [4.78, 5) is 12.1. The van der Waals surface area contributed by atoms with Crippen LogP contribution in [0.3, 0.4) is 0 Å². The maximum atomic E-state index is 12.1. The van der Waals surface area contributed by atoms with Gasteiger partial charge in [0.1, 0.15) is 18.1 Å². The van der Waals surface area contributed by atoms with Crippen molar-refractivity contribution in [2.24, 2.45) is 0 Å². The highest BCUT2D eigenvalue weighted by Crippen LogP contribution is 2.18. The molecule has 2 rings (SSSR count). The quantitative estimate of drug-likeness (QED) is 0.439. The first-order chi connectivity index (χ1) is 13.1. The number of carbonyl (C=O) groups excluding carboxylic acids is 1. The molecule has 2 aromatic carbocycles. The van der Waals surface area contributed by atoms with E-state index in [-0.39, 0.29) is 12.5 Å². The fourth-order valence-corrected chi connectivity index (χ4v) is 2.26. The SMILES string of the molecule is C=C(C)COc1ccc(NC(=O)CNc2cccc(OCCCC)c2)cc1. The maximum Gasteiger partial charge on any atom is 0.243 e. The van der Waals surface area contributed by atoms with Gasteiger partial charge in [-0.15, -0.1) is 0 Å². The Kier molecular flexibility index (Phi) is 8.23. The van der Waals surface area contributed by atoms with Crippen molar-refractivity contribution >= 4 is 17.3 Å². The molecule has 5 nitrogen and oxygen atoms in total. The maximum absolute atomic E-state index is 12.1. The summed E-state index contributed by atoms with van der Waals surface area (Å²) in [7, 11) is 0. The van der Waals surface area contributed by atoms with E-state index < -0.39 is 0 Å². The van der Waals surface area contributed by atoms with Gasteiger partial charge in [0.15, 0.2) is 0 Å². The Labute approximate surface area is 161 Å². The van der Waals surface area contributed by atoms with E-state index >= 15 is 0 Å². The molecular formula is C22H28N2O3. The van der Waals surface area contributed by atoms with Crippen LogP contribution in [0.1, 0.15) is 26.7 Å². The first-order valence-corrected chi connectivity index (χ1v) is 9.20. The van der Waals surface area contributed by atoms with E-state index in [9.17, 15) is 4.79 Å². The predicted octanol–water partition coefficient (Wildman–Crippen LogP) is 4.87. The minimum Gasteiger partial charge on any atom is -0.494 e. The zero-order chi connectivity index (χ0) is 19.5. The molecule has 2 aromatic rings. The lowest BCUT2D eigenvalue weighted by molar-refractivity contribution is -0.114. The van der Waals surface area contributed by atoms with Crippen molar-refractivity contribution in [3.8, 4) is 11.5 Å². The van der Waals surface area contributed by atoms with E-state index in [1.807, 2.05) is 55.5 Å². The molecule has 0 radical (unpaired) electrons. The second-order valence-electron chi connectivity index (χ2n) is 6.40. The van der Waals surface area contributed by atoms with Crippen LogP contribution in [-0.4, -0.2) is 25.7 Å². The summed E-state index contributed by atoms with van der Waals surface area (Å²) >= 11 is 0. The van der Waals surface area contributed by atoms with Crippen LogP contribution in [0.4, 0.5) is 11.4 Å². The smallest absolute Gasteiger partial charge is 0.243 e. The second-order valence-corrected chi connectivity index (χ2v) is 6.40. The summed E-state index contributed by atoms with van der Waals surface area (Å²) in [6, 6.07) is 14.9. The van der Waals surface area contributed by atoms with E-state index in [1.165, 1.54) is 0 Å². The zero-order valence-corrected chi connectivity index (χ0v) is 16.1. The van der Waals surface area contributed by atoms with Crippen LogP contribution >= 0.6 is 0 Å². The Morgan fingerprint density at radius 3 is 2.52 bits per heavy atom. The molecule has 0 spiro atoms. The summed E-state index contributed by atoms with van der Waals surface area (Å²) in [6.45, 7) is 9.20. The minimum atomic E-state index is -0.122. The molecule has 0 aliphatic carbocycles. The number of unbranched alkanes of at least 4 members (excludes halogenated alkanes) is 1. The Morgan fingerprint density at radius 2 is 1.81 bits per heavy atom. The van der Waals surface area contributed by atoms with E-state index in [0.29, 0.717) is 13.2 Å². The van der Waals surface area contributed by atoms with Gasteiger partial charge in [-0.05, 0) is 55.3 Å². The van der Waals surface area contributed by atoms with Gasteiger partial charge in [-0.2, -0.15) is 0 Å². The third-order valence-corrected chi connectivity index (χ3v) is 3.68. The second kappa shape index (κ2) is 10.9. The number of hydrogen-bond donors (Lipinski definition) is 2. The molecule has 0 aliphatic rings. The number of carbonyl (C=O) groups is 1. The number of benzene rings is 2. The molecule has 0 bridgehead atoms. The van der Waals surface area contributed by atoms with E-state index in [1.54, 1.807) is 0 Å². The third-order valence-electron chi connectivity index (χ3n) is 3.68. The molecule has 0 unspecified atom stereocenters. The highest BCUT2D eigenvalue weighted by Gasteiger charge is 2.04. The van der Waals surface area contributed by atoms with Gasteiger partial charge in [0.25, 0.3) is 0 Å². The average Bonchev–Trinajstić information content (AvgIpc) is 2.66. The first-order valence-electron chi connectivity index (χ1n) is 9.20. The van der Waals surface area contributed by atoms with Crippen LogP contribution in [0.15, 0.2) is 60.7 Å². The number of anilines is 2. The van der Waals surface area contributed by atoms with Gasteiger partial charge in [0.05, 0.1) is 13.2 Å². The van der Waals surface area contributed by atoms with Gasteiger partial charge < -0.3 is 20.1 Å². The Hall–Kier alpha value is -2.95. The van der Waals surface area contributed by atoms with E-state index in [0.717, 1.165) is 41.3 Å². The Balaban J connectivity index is 1.78. The summed E-state index contributed by atoms with van der Waals surface area (Å²) < 4.78 is 11.2. The fraction of sp³-hybridized carbons (Fsp3) is 0.318. The monoisotopic (exact) mass is 368 g/mol. The Morgan fingerprint density at radius 1 is 1.04 bits per heavy atom. The van der Waals surface area contributed by atoms with Crippen LogP contribution in [-0.2, 0) is 4.79 Å². The lowest BCUT2D eigenvalue weighted by Gasteiger charge is -2.11. The van der Waals surface area contributed by atoms with Crippen LogP contribution in [0.5, 0.6) is 11.5 Å². The van der Waals surface area contributed by atoms with Crippen molar-refractivity contribution in [3.63, 3.8) is 0 Å². The summed E-state index contributed by atoms with van der Waals surface area (Å²) in [5, 5.41) is 5.97. The number of rotatable bonds is 11. The van der Waals surface area contributed by atoms with Crippen LogP contribution in [0.25, 0.3) is 0 Å². The molecule has 0 aromatic heterocycles. The predicted molar refractivity (Wildman–Crippen MR) is 111 cm³/mol. The molecule has 0 aliphatic heterocycles. The largest absolute Gasteiger partial charge is 0.494 e. The lowest BCUT2D eigenvalue weighted by Crippen LogP contribution is -2.21. The minimum absolute atomic E-state index is 0.122. The molecule has 144 valence electrons. The molecule has 2 N–H and O–H groups in total. The molecule has 0 saturated heterocycles. The van der Waals surface area contributed by atoms with Gasteiger partial charge >= 0.3 is 0 Å². The van der Waals surface area contributed by atoms with Gasteiger partial charge in [-0.1, -0.05) is 26.0 Å². The fourth-order valence-electron chi connectivity index (χ4n) is 2.26. The Bertz CT molecular complexity index is 741. The van der Waals surface area contributed by atoms with Gasteiger partial charge in [-0.3, -0.25) is 4.79 Å². The normalized spacial score (nSPS) is 10.1. The number of nitrogens with one attached hydrogen (secondary N) is 2. The molecule has 0 atom stereocenters. The van der Waals surface area contributed by atoms with Crippen molar-refractivity contribution in [2.45, 2.75) is 26.7 Å². The lowest BCUT2D eigenvalue weighted by atomic mass is 10.3. The van der Waals surface area contributed by atoms with Crippen molar-refractivity contribution in [1.82, 2.24) is 0 Å². The highest BCUT2D eigenvalue weighted by molar-refractivity contribution is 5.93. The molecular weight excluding hydrogens is 340 g/mol. The van der Waals surface area contributed by atoms with Crippen LogP contribution in [0.2, 0.25) is 0 Å². The topological polar surface area (TPSA) is 59.6 Å². The first kappa shape index (κ1) is 20.4.